The van der Waals surface area contributed by atoms with Crippen LogP contribution in [-0.2, 0) is 19.3 Å². The summed E-state index contributed by atoms with van der Waals surface area (Å²) in [7, 11) is 0. The molecule has 0 aliphatic heterocycles. The summed E-state index contributed by atoms with van der Waals surface area (Å²) in [6.07, 6.45) is 2.16. The van der Waals surface area contributed by atoms with Crippen LogP contribution >= 0.6 is 11.6 Å². The molecule has 1 N–H and O–H groups in total. The maximum Gasteiger partial charge on any atom is 0.418 e. The maximum atomic E-state index is 13.5. The van der Waals surface area contributed by atoms with Gasteiger partial charge in [0.2, 0.25) is 0 Å². The number of aromatic nitrogens is 1. The van der Waals surface area contributed by atoms with Crippen LogP contribution in [0.25, 0.3) is 0 Å². The van der Waals surface area contributed by atoms with Crippen molar-refractivity contribution in [3.63, 3.8) is 0 Å². The minimum atomic E-state index is -4.55. The number of hydrogen-bond acceptors (Lipinski definition) is 1. The van der Waals surface area contributed by atoms with Gasteiger partial charge in [-0.2, -0.15) is 13.2 Å². The minimum absolute atomic E-state index is 0.0266. The van der Waals surface area contributed by atoms with Gasteiger partial charge in [-0.25, -0.2) is 4.79 Å². The van der Waals surface area contributed by atoms with E-state index in [1.54, 1.807) is 4.90 Å². The highest BCUT2D eigenvalue weighted by molar-refractivity contribution is 6.30. The SMILES string of the molecule is O=C(Nc1ccccc1C(F)(F)F)N(Cc1cccn1Cc1cccc(Cl)c1)C1CCCCC1. The highest BCUT2D eigenvalue weighted by atomic mass is 35.5. The Morgan fingerprint density at radius 1 is 1.03 bits per heavy atom. The lowest BCUT2D eigenvalue weighted by Crippen LogP contribution is -2.44. The van der Waals surface area contributed by atoms with Gasteiger partial charge in [0.25, 0.3) is 0 Å². The van der Waals surface area contributed by atoms with Crippen molar-refractivity contribution in [2.24, 2.45) is 0 Å². The summed E-state index contributed by atoms with van der Waals surface area (Å²) in [5.74, 6) is 0. The van der Waals surface area contributed by atoms with Gasteiger partial charge in [-0.15, -0.1) is 0 Å². The van der Waals surface area contributed by atoms with Crippen LogP contribution in [0.5, 0.6) is 0 Å². The van der Waals surface area contributed by atoms with E-state index in [1.165, 1.54) is 18.2 Å². The Bertz CT molecular complexity index is 1120. The zero-order chi connectivity index (χ0) is 24.1. The smallest absolute Gasteiger partial charge is 0.345 e. The molecule has 1 aliphatic carbocycles. The second kappa shape index (κ2) is 10.6. The molecule has 2 amide bonds. The van der Waals surface area contributed by atoms with E-state index in [0.717, 1.165) is 49.4 Å². The molecule has 3 aromatic rings. The first-order valence-electron chi connectivity index (χ1n) is 11.4. The van der Waals surface area contributed by atoms with Gasteiger partial charge in [-0.05, 0) is 54.8 Å². The first kappa shape index (κ1) is 24.2. The van der Waals surface area contributed by atoms with Gasteiger partial charge >= 0.3 is 12.2 Å². The van der Waals surface area contributed by atoms with Crippen molar-refractivity contribution in [2.75, 3.05) is 5.32 Å². The number of benzene rings is 2. The predicted octanol–water partition coefficient (Wildman–Crippen LogP) is 7.58. The first-order chi connectivity index (χ1) is 16.3. The third-order valence-electron chi connectivity index (χ3n) is 6.25. The van der Waals surface area contributed by atoms with Gasteiger partial charge in [0.05, 0.1) is 17.8 Å². The number of nitrogens with one attached hydrogen (secondary N) is 1. The minimum Gasteiger partial charge on any atom is -0.345 e. The number of rotatable bonds is 6. The lowest BCUT2D eigenvalue weighted by molar-refractivity contribution is -0.136. The largest absolute Gasteiger partial charge is 0.418 e. The van der Waals surface area contributed by atoms with E-state index >= 15 is 0 Å². The summed E-state index contributed by atoms with van der Waals surface area (Å²) in [5.41, 5.74) is 0.855. The van der Waals surface area contributed by atoms with Crippen molar-refractivity contribution in [3.05, 3.63) is 88.7 Å². The normalized spacial score (nSPS) is 14.7. The van der Waals surface area contributed by atoms with E-state index in [-0.39, 0.29) is 11.7 Å². The molecule has 4 rings (SSSR count). The van der Waals surface area contributed by atoms with E-state index in [1.807, 2.05) is 47.2 Å². The van der Waals surface area contributed by atoms with Crippen molar-refractivity contribution in [3.8, 4) is 0 Å². The number of carbonyl (C=O) groups excluding carboxylic acids is 1. The average Bonchev–Trinajstić information content (AvgIpc) is 3.24. The second-order valence-corrected chi connectivity index (χ2v) is 9.09. The zero-order valence-electron chi connectivity index (χ0n) is 18.7. The molecule has 0 atom stereocenters. The van der Waals surface area contributed by atoms with Crippen LogP contribution in [0.4, 0.5) is 23.7 Å². The highest BCUT2D eigenvalue weighted by Crippen LogP contribution is 2.35. The fourth-order valence-electron chi connectivity index (χ4n) is 4.54. The van der Waals surface area contributed by atoms with Crippen LogP contribution in [0.1, 0.15) is 48.9 Å². The molecule has 34 heavy (non-hydrogen) atoms. The zero-order valence-corrected chi connectivity index (χ0v) is 19.4. The Morgan fingerprint density at radius 2 is 1.79 bits per heavy atom. The van der Waals surface area contributed by atoms with Crippen LogP contribution < -0.4 is 5.32 Å². The fraction of sp³-hybridized carbons (Fsp3) is 0.346. The molecule has 1 fully saturated rings. The number of halogens is 4. The Hall–Kier alpha value is -2.93. The number of nitrogens with zero attached hydrogens (tertiary/aromatic N) is 2. The number of alkyl halides is 3. The summed E-state index contributed by atoms with van der Waals surface area (Å²) in [6.45, 7) is 0.887. The van der Waals surface area contributed by atoms with Gasteiger partial charge in [0.1, 0.15) is 0 Å². The van der Waals surface area contributed by atoms with E-state index in [2.05, 4.69) is 5.32 Å². The van der Waals surface area contributed by atoms with E-state index in [0.29, 0.717) is 18.1 Å². The van der Waals surface area contributed by atoms with Crippen molar-refractivity contribution < 1.29 is 18.0 Å². The monoisotopic (exact) mass is 489 g/mol. The number of carbonyl (C=O) groups is 1. The molecule has 1 saturated carbocycles. The van der Waals surface area contributed by atoms with Crippen molar-refractivity contribution in [1.29, 1.82) is 0 Å². The molecule has 1 heterocycles. The number of hydrogen-bond donors (Lipinski definition) is 1. The number of para-hydroxylation sites is 1. The van der Waals surface area contributed by atoms with E-state index in [9.17, 15) is 18.0 Å². The van der Waals surface area contributed by atoms with Crippen LogP contribution in [0.3, 0.4) is 0 Å². The number of urea groups is 1. The Kier molecular flexibility index (Phi) is 7.51. The third-order valence-corrected chi connectivity index (χ3v) is 6.48. The predicted molar refractivity (Wildman–Crippen MR) is 128 cm³/mol. The van der Waals surface area contributed by atoms with Crippen LogP contribution in [0.15, 0.2) is 66.9 Å². The Balaban J connectivity index is 1.57. The van der Waals surface area contributed by atoms with Crippen molar-refractivity contribution in [2.45, 2.75) is 57.4 Å². The van der Waals surface area contributed by atoms with Gasteiger partial charge in [-0.1, -0.05) is 55.1 Å². The number of amides is 2. The molecular weight excluding hydrogens is 463 g/mol. The van der Waals surface area contributed by atoms with Gasteiger partial charge in [0, 0.05) is 29.5 Å². The number of anilines is 1. The maximum absolute atomic E-state index is 13.5. The van der Waals surface area contributed by atoms with Crippen LogP contribution in [0, 0.1) is 0 Å². The van der Waals surface area contributed by atoms with Gasteiger partial charge < -0.3 is 14.8 Å². The standard InChI is InChI=1S/C26H27ClF3N3O/c27-20-9-6-8-19(16-20)17-32-15-7-12-22(32)18-33(21-10-2-1-3-11-21)25(34)31-24-14-5-4-13-23(24)26(28,29)30/h4-9,12-16,21H,1-3,10-11,17-18H2,(H,31,34). The molecule has 0 saturated heterocycles. The van der Waals surface area contributed by atoms with Crippen LogP contribution in [-0.4, -0.2) is 21.5 Å². The second-order valence-electron chi connectivity index (χ2n) is 8.65. The lowest BCUT2D eigenvalue weighted by Gasteiger charge is -2.35. The topological polar surface area (TPSA) is 37.3 Å². The molecule has 4 nitrogen and oxygen atoms in total. The molecule has 0 radical (unpaired) electrons. The molecule has 0 spiro atoms. The highest BCUT2D eigenvalue weighted by Gasteiger charge is 2.34. The summed E-state index contributed by atoms with van der Waals surface area (Å²) in [6, 6.07) is 16.0. The molecule has 180 valence electrons. The fourth-order valence-corrected chi connectivity index (χ4v) is 4.75. The molecule has 0 bridgehead atoms. The van der Waals surface area contributed by atoms with Gasteiger partial charge in [0.15, 0.2) is 0 Å². The molecule has 2 aromatic carbocycles. The quantitative estimate of drug-likeness (QED) is 0.381. The van der Waals surface area contributed by atoms with Crippen molar-refractivity contribution >= 4 is 23.3 Å². The van der Waals surface area contributed by atoms with E-state index in [4.69, 9.17) is 11.6 Å². The summed E-state index contributed by atoms with van der Waals surface area (Å²) in [4.78, 5) is 15.0. The van der Waals surface area contributed by atoms with Gasteiger partial charge in [-0.3, -0.25) is 0 Å². The molecule has 0 unspecified atom stereocenters. The first-order valence-corrected chi connectivity index (χ1v) is 11.8. The molecular formula is C26H27ClF3N3O. The summed E-state index contributed by atoms with van der Waals surface area (Å²) in [5, 5.41) is 3.19. The molecule has 1 aliphatic rings. The molecule has 8 heteroatoms. The van der Waals surface area contributed by atoms with E-state index < -0.39 is 17.8 Å². The van der Waals surface area contributed by atoms with Crippen molar-refractivity contribution in [1.82, 2.24) is 9.47 Å². The summed E-state index contributed by atoms with van der Waals surface area (Å²) >= 11 is 6.12. The lowest BCUT2D eigenvalue weighted by atomic mass is 9.94. The Labute approximate surface area is 202 Å². The average molecular weight is 490 g/mol. The molecule has 1 aromatic heterocycles. The third kappa shape index (κ3) is 5.95. The van der Waals surface area contributed by atoms with Crippen LogP contribution in [0.2, 0.25) is 5.02 Å². The Morgan fingerprint density at radius 3 is 2.53 bits per heavy atom. The summed E-state index contributed by atoms with van der Waals surface area (Å²) < 4.78 is 42.5.